The van der Waals surface area contributed by atoms with Crippen LogP contribution >= 0.6 is 0 Å². The van der Waals surface area contributed by atoms with E-state index in [1.165, 1.54) is 0 Å². The Labute approximate surface area is 74.0 Å². The molecule has 0 bridgehead atoms. The Bertz CT molecular complexity index is 241. The summed E-state index contributed by atoms with van der Waals surface area (Å²) in [5.41, 5.74) is 0. The van der Waals surface area contributed by atoms with Gasteiger partial charge in [0.2, 0.25) is 0 Å². The zero-order chi connectivity index (χ0) is 10.3. The van der Waals surface area contributed by atoms with Crippen molar-refractivity contribution in [2.45, 2.75) is 0 Å². The monoisotopic (exact) mass is 188 g/mol. The molecule has 0 saturated heterocycles. The van der Waals surface area contributed by atoms with Gasteiger partial charge in [-0.3, -0.25) is 0 Å². The predicted octanol–water partition coefficient (Wildman–Crippen LogP) is 1.49. The first kappa shape index (κ1) is 11.0. The molecule has 0 aromatic rings. The summed E-state index contributed by atoms with van der Waals surface area (Å²) in [7, 11) is 1.11. The molecule has 0 spiro atoms. The van der Waals surface area contributed by atoms with E-state index in [4.69, 9.17) is 5.11 Å². The molecular formula is C7H8O6. The first-order chi connectivity index (χ1) is 6.10. The van der Waals surface area contributed by atoms with Gasteiger partial charge < -0.3 is 19.3 Å². The van der Waals surface area contributed by atoms with Crippen LogP contribution in [0.4, 0.5) is 9.59 Å². The smallest absolute Gasteiger partial charge is 0.449 e. The number of hydrogen-bond donors (Lipinski definition) is 1. The highest BCUT2D eigenvalue weighted by molar-refractivity contribution is 5.62. The van der Waals surface area contributed by atoms with Gasteiger partial charge in [0.25, 0.3) is 0 Å². The highest BCUT2D eigenvalue weighted by Crippen LogP contribution is 2.00. The third-order valence-corrected chi connectivity index (χ3v) is 0.845. The molecule has 0 aliphatic rings. The van der Waals surface area contributed by atoms with Crippen LogP contribution in [-0.2, 0) is 14.2 Å². The van der Waals surface area contributed by atoms with Gasteiger partial charge >= 0.3 is 12.3 Å². The Morgan fingerprint density at radius 2 is 2.08 bits per heavy atom. The van der Waals surface area contributed by atoms with Gasteiger partial charge in [0.15, 0.2) is 5.76 Å². The van der Waals surface area contributed by atoms with E-state index in [2.05, 4.69) is 20.8 Å². The third kappa shape index (κ3) is 5.31. The Morgan fingerprint density at radius 3 is 2.46 bits per heavy atom. The second kappa shape index (κ2) is 5.64. The lowest BCUT2D eigenvalue weighted by Crippen LogP contribution is -2.04. The molecule has 0 fully saturated rings. The zero-order valence-electron chi connectivity index (χ0n) is 6.85. The van der Waals surface area contributed by atoms with Crippen LogP contribution in [-0.4, -0.2) is 24.5 Å². The van der Waals surface area contributed by atoms with Crippen LogP contribution in [0.25, 0.3) is 0 Å². The van der Waals surface area contributed by atoms with E-state index in [1.54, 1.807) is 0 Å². The Balaban J connectivity index is 4.16. The Hall–Kier alpha value is -1.98. The molecule has 0 radical (unpaired) electrons. The van der Waals surface area contributed by atoms with Gasteiger partial charge in [-0.25, -0.2) is 9.59 Å². The first-order valence-corrected chi connectivity index (χ1v) is 3.08. The minimum atomic E-state index is -1.52. The van der Waals surface area contributed by atoms with Crippen LogP contribution in [0.5, 0.6) is 0 Å². The van der Waals surface area contributed by atoms with Crippen LogP contribution in [0.3, 0.4) is 0 Å². The molecule has 6 nitrogen and oxygen atoms in total. The summed E-state index contributed by atoms with van der Waals surface area (Å²) in [4.78, 5) is 20.4. The molecule has 0 aliphatic carbocycles. The average Bonchev–Trinajstić information content (AvgIpc) is 2.11. The Morgan fingerprint density at radius 1 is 1.46 bits per heavy atom. The number of carbonyl (C=O) groups excluding carboxylic acids is 1. The molecule has 1 N–H and O–H groups in total. The summed E-state index contributed by atoms with van der Waals surface area (Å²) in [6.45, 7) is 3.25. The molecule has 0 saturated carbocycles. The molecule has 72 valence electrons. The summed E-state index contributed by atoms with van der Waals surface area (Å²) in [5.74, 6) is -0.158. The van der Waals surface area contributed by atoms with Crippen LogP contribution in [0.1, 0.15) is 0 Å². The van der Waals surface area contributed by atoms with Gasteiger partial charge in [-0.15, -0.1) is 0 Å². The number of carbonyl (C=O) groups is 2. The quantitative estimate of drug-likeness (QED) is 0.410. The first-order valence-electron chi connectivity index (χ1n) is 3.08. The van der Waals surface area contributed by atoms with E-state index >= 15 is 0 Å². The van der Waals surface area contributed by atoms with E-state index in [9.17, 15) is 9.59 Å². The van der Waals surface area contributed by atoms with Gasteiger partial charge in [0.1, 0.15) is 6.26 Å². The molecule has 0 aliphatic heterocycles. The van der Waals surface area contributed by atoms with Gasteiger partial charge in [-0.2, -0.15) is 0 Å². The van der Waals surface area contributed by atoms with Crippen LogP contribution < -0.4 is 0 Å². The molecule has 6 heteroatoms. The number of allylic oxidation sites excluding steroid dienone is 1. The van der Waals surface area contributed by atoms with Crippen LogP contribution in [0, 0.1) is 0 Å². The topological polar surface area (TPSA) is 82.1 Å². The molecule has 0 aromatic heterocycles. The fourth-order valence-electron chi connectivity index (χ4n) is 0.360. The van der Waals surface area contributed by atoms with Crippen molar-refractivity contribution in [1.29, 1.82) is 0 Å². The van der Waals surface area contributed by atoms with E-state index in [0.29, 0.717) is 6.26 Å². The van der Waals surface area contributed by atoms with E-state index in [1.807, 2.05) is 0 Å². The second-order valence-electron chi connectivity index (χ2n) is 1.66. The maximum Gasteiger partial charge on any atom is 0.513 e. The molecule has 0 rings (SSSR count). The van der Waals surface area contributed by atoms with Gasteiger partial charge in [-0.1, -0.05) is 6.58 Å². The highest BCUT2D eigenvalue weighted by atomic mass is 16.7. The standard InChI is InChI=1S/C7H8O6/c1-3-5(4-12-6(8)9)13-7(10)11-2/h3-4H,1H2,2H3,(H,8,9)/b5-4+. The molecule has 0 heterocycles. The van der Waals surface area contributed by atoms with Crippen molar-refractivity contribution in [3.8, 4) is 0 Å². The molecular weight excluding hydrogens is 180 g/mol. The van der Waals surface area contributed by atoms with Crippen molar-refractivity contribution in [2.24, 2.45) is 0 Å². The number of rotatable bonds is 3. The van der Waals surface area contributed by atoms with Crippen molar-refractivity contribution >= 4 is 12.3 Å². The van der Waals surface area contributed by atoms with Crippen LogP contribution in [0.2, 0.25) is 0 Å². The molecule has 0 unspecified atom stereocenters. The largest absolute Gasteiger partial charge is 0.513 e. The summed E-state index contributed by atoms with van der Waals surface area (Å²) in [6, 6.07) is 0. The van der Waals surface area contributed by atoms with Crippen molar-refractivity contribution in [2.75, 3.05) is 7.11 Å². The van der Waals surface area contributed by atoms with E-state index < -0.39 is 12.3 Å². The maximum atomic E-state index is 10.5. The molecule has 0 aromatic carbocycles. The molecule has 13 heavy (non-hydrogen) atoms. The Kier molecular flexibility index (Phi) is 4.78. The summed E-state index contributed by atoms with van der Waals surface area (Å²) < 4.78 is 12.5. The molecule has 0 atom stereocenters. The summed E-state index contributed by atoms with van der Waals surface area (Å²) in [6.07, 6.45) is -0.695. The lowest BCUT2D eigenvalue weighted by Gasteiger charge is -2.01. The van der Waals surface area contributed by atoms with E-state index in [-0.39, 0.29) is 5.76 Å². The summed E-state index contributed by atoms with van der Waals surface area (Å²) >= 11 is 0. The van der Waals surface area contributed by atoms with Gasteiger partial charge in [0.05, 0.1) is 7.11 Å². The predicted molar refractivity (Wildman–Crippen MR) is 40.9 cm³/mol. The lowest BCUT2D eigenvalue weighted by atomic mass is 10.5. The second-order valence-corrected chi connectivity index (χ2v) is 1.66. The van der Waals surface area contributed by atoms with Crippen molar-refractivity contribution < 1.29 is 28.9 Å². The van der Waals surface area contributed by atoms with E-state index in [0.717, 1.165) is 13.2 Å². The number of methoxy groups -OCH3 is 1. The van der Waals surface area contributed by atoms with Gasteiger partial charge in [0, 0.05) is 0 Å². The minimum Gasteiger partial charge on any atom is -0.449 e. The average molecular weight is 188 g/mol. The van der Waals surface area contributed by atoms with Crippen molar-refractivity contribution in [3.63, 3.8) is 0 Å². The van der Waals surface area contributed by atoms with Crippen LogP contribution in [0.15, 0.2) is 24.7 Å². The number of carboxylic acid groups (broad SMARTS) is 1. The fourth-order valence-corrected chi connectivity index (χ4v) is 0.360. The number of hydrogen-bond acceptors (Lipinski definition) is 5. The fraction of sp³-hybridized carbons (Fsp3) is 0.143. The molecule has 0 amide bonds. The zero-order valence-corrected chi connectivity index (χ0v) is 6.85. The summed E-state index contributed by atoms with van der Waals surface area (Å²) in [5, 5.41) is 8.08. The van der Waals surface area contributed by atoms with Crippen molar-refractivity contribution in [3.05, 3.63) is 24.7 Å². The normalized spacial score (nSPS) is 10.1. The third-order valence-electron chi connectivity index (χ3n) is 0.845. The SMILES string of the molecule is C=C/C(=C\OC(=O)O)OC(=O)OC. The maximum absolute atomic E-state index is 10.5. The van der Waals surface area contributed by atoms with Crippen molar-refractivity contribution in [1.82, 2.24) is 0 Å². The van der Waals surface area contributed by atoms with Gasteiger partial charge in [-0.05, 0) is 6.08 Å². The minimum absolute atomic E-state index is 0.158. The number of ether oxygens (including phenoxy) is 3. The highest BCUT2D eigenvalue weighted by Gasteiger charge is 2.04. The lowest BCUT2D eigenvalue weighted by molar-refractivity contribution is 0.0931.